The molecule has 1 aliphatic heterocycles. The largest absolute Gasteiger partial charge is 0.462 e. The quantitative estimate of drug-likeness (QED) is 0.703. The zero-order valence-corrected chi connectivity index (χ0v) is 9.83. The van der Waals surface area contributed by atoms with Crippen molar-refractivity contribution in [2.75, 3.05) is 7.11 Å². The topological polar surface area (TPSA) is 18.5 Å². The molecule has 1 atom stereocenters. The maximum absolute atomic E-state index is 5.88. The number of methoxy groups -OCH3 is 1. The van der Waals surface area contributed by atoms with E-state index in [0.717, 1.165) is 12.2 Å². The maximum atomic E-state index is 5.88. The second kappa shape index (κ2) is 3.24. The molecular weight excluding hydrogens is 188 g/mol. The average Bonchev–Trinajstić information content (AvgIpc) is 2.16. The van der Waals surface area contributed by atoms with Crippen molar-refractivity contribution in [3.8, 4) is 5.75 Å². The van der Waals surface area contributed by atoms with E-state index in [1.807, 2.05) is 19.1 Å². The fraction of sp³-hybridized carbons (Fsp3) is 0.538. The third kappa shape index (κ3) is 1.74. The first kappa shape index (κ1) is 10.5. The van der Waals surface area contributed by atoms with Crippen LogP contribution in [-0.4, -0.2) is 12.9 Å². The molecule has 15 heavy (non-hydrogen) atoms. The van der Waals surface area contributed by atoms with Crippen LogP contribution in [0.25, 0.3) is 0 Å². The predicted molar refractivity (Wildman–Crippen MR) is 60.1 cm³/mol. The second-order valence-electron chi connectivity index (χ2n) is 5.00. The van der Waals surface area contributed by atoms with Gasteiger partial charge in [-0.25, -0.2) is 0 Å². The Morgan fingerprint density at radius 1 is 1.20 bits per heavy atom. The zero-order chi connectivity index (χ0) is 11.1. The fourth-order valence-corrected chi connectivity index (χ4v) is 2.40. The van der Waals surface area contributed by atoms with Gasteiger partial charge in [0.05, 0.1) is 0 Å². The molecule has 0 aromatic heterocycles. The van der Waals surface area contributed by atoms with Gasteiger partial charge >= 0.3 is 0 Å². The molecule has 2 nitrogen and oxygen atoms in total. The van der Waals surface area contributed by atoms with Crippen molar-refractivity contribution in [3.63, 3.8) is 0 Å². The van der Waals surface area contributed by atoms with Gasteiger partial charge in [0.1, 0.15) is 5.75 Å². The van der Waals surface area contributed by atoms with Gasteiger partial charge in [0, 0.05) is 26.0 Å². The molecule has 0 spiro atoms. The van der Waals surface area contributed by atoms with Crippen LogP contribution >= 0.6 is 0 Å². The summed E-state index contributed by atoms with van der Waals surface area (Å²) in [6.07, 6.45) is 0.869. The minimum atomic E-state index is -0.502. The van der Waals surface area contributed by atoms with E-state index in [1.54, 1.807) is 7.11 Å². The predicted octanol–water partition coefficient (Wildman–Crippen LogP) is 3.11. The van der Waals surface area contributed by atoms with Crippen LogP contribution in [0.5, 0.6) is 5.75 Å². The van der Waals surface area contributed by atoms with Gasteiger partial charge in [0.25, 0.3) is 0 Å². The molecule has 0 fully saturated rings. The van der Waals surface area contributed by atoms with Crippen LogP contribution in [0.1, 0.15) is 32.8 Å². The molecule has 0 aliphatic carbocycles. The minimum absolute atomic E-state index is 0.0968. The van der Waals surface area contributed by atoms with E-state index >= 15 is 0 Å². The summed E-state index contributed by atoms with van der Waals surface area (Å²) >= 11 is 0. The molecule has 0 amide bonds. The number of rotatable bonds is 1. The Hall–Kier alpha value is -1.02. The molecule has 2 heteroatoms. The first-order chi connectivity index (χ1) is 6.97. The lowest BCUT2D eigenvalue weighted by Gasteiger charge is -2.42. The fourth-order valence-electron chi connectivity index (χ4n) is 2.40. The standard InChI is InChI=1S/C13H18O2/c1-12(2)9-13(3,14-4)15-11-8-6-5-7-10(11)12/h5-8H,9H2,1-4H3. The van der Waals surface area contributed by atoms with Crippen LogP contribution in [0.2, 0.25) is 0 Å². The average molecular weight is 206 g/mol. The molecule has 0 saturated heterocycles. The molecule has 1 unspecified atom stereocenters. The normalized spacial score (nSPS) is 28.0. The Balaban J connectivity index is 2.48. The third-order valence-electron chi connectivity index (χ3n) is 3.14. The van der Waals surface area contributed by atoms with Crippen molar-refractivity contribution in [1.29, 1.82) is 0 Å². The summed E-state index contributed by atoms with van der Waals surface area (Å²) in [4.78, 5) is 0. The summed E-state index contributed by atoms with van der Waals surface area (Å²) in [5.41, 5.74) is 1.36. The summed E-state index contributed by atoms with van der Waals surface area (Å²) in [5, 5.41) is 0. The van der Waals surface area contributed by atoms with Crippen LogP contribution in [0, 0.1) is 0 Å². The number of fused-ring (bicyclic) bond motifs is 1. The Bertz CT molecular complexity index is 371. The van der Waals surface area contributed by atoms with Gasteiger partial charge in [0.15, 0.2) is 0 Å². The number of ether oxygens (including phenoxy) is 2. The van der Waals surface area contributed by atoms with Gasteiger partial charge in [-0.3, -0.25) is 0 Å². The Morgan fingerprint density at radius 3 is 2.53 bits per heavy atom. The van der Waals surface area contributed by atoms with Gasteiger partial charge in [-0.05, 0) is 11.5 Å². The van der Waals surface area contributed by atoms with Gasteiger partial charge in [-0.1, -0.05) is 32.0 Å². The monoisotopic (exact) mass is 206 g/mol. The number of hydrogen-bond acceptors (Lipinski definition) is 2. The molecule has 0 radical (unpaired) electrons. The van der Waals surface area contributed by atoms with E-state index < -0.39 is 5.79 Å². The highest BCUT2D eigenvalue weighted by Gasteiger charge is 2.41. The van der Waals surface area contributed by atoms with E-state index in [9.17, 15) is 0 Å². The van der Waals surface area contributed by atoms with E-state index in [-0.39, 0.29) is 5.41 Å². The third-order valence-corrected chi connectivity index (χ3v) is 3.14. The highest BCUT2D eigenvalue weighted by atomic mass is 16.7. The van der Waals surface area contributed by atoms with E-state index in [4.69, 9.17) is 9.47 Å². The molecule has 2 rings (SSSR count). The lowest BCUT2D eigenvalue weighted by Crippen LogP contribution is -2.45. The SMILES string of the molecule is COC1(C)CC(C)(C)c2ccccc2O1. The first-order valence-corrected chi connectivity index (χ1v) is 5.31. The number of hydrogen-bond donors (Lipinski definition) is 0. The molecule has 1 aromatic carbocycles. The molecule has 0 bridgehead atoms. The molecular formula is C13H18O2. The van der Waals surface area contributed by atoms with Crippen molar-refractivity contribution in [3.05, 3.63) is 29.8 Å². The number of para-hydroxylation sites is 1. The molecule has 0 N–H and O–H groups in total. The van der Waals surface area contributed by atoms with Crippen LogP contribution in [0.4, 0.5) is 0 Å². The van der Waals surface area contributed by atoms with Gasteiger partial charge < -0.3 is 9.47 Å². The Kier molecular flexibility index (Phi) is 2.27. The van der Waals surface area contributed by atoms with Gasteiger partial charge in [0.2, 0.25) is 5.79 Å². The van der Waals surface area contributed by atoms with E-state index in [1.165, 1.54) is 5.56 Å². The van der Waals surface area contributed by atoms with E-state index in [2.05, 4.69) is 26.0 Å². The Labute approximate surface area is 91.2 Å². The molecule has 1 heterocycles. The molecule has 82 valence electrons. The minimum Gasteiger partial charge on any atom is -0.462 e. The van der Waals surface area contributed by atoms with Crippen molar-refractivity contribution >= 4 is 0 Å². The summed E-state index contributed by atoms with van der Waals surface area (Å²) in [5.74, 6) is 0.441. The zero-order valence-electron chi connectivity index (χ0n) is 9.83. The summed E-state index contributed by atoms with van der Waals surface area (Å²) in [6.45, 7) is 6.45. The van der Waals surface area contributed by atoms with Crippen molar-refractivity contribution in [2.24, 2.45) is 0 Å². The Morgan fingerprint density at radius 2 is 1.87 bits per heavy atom. The molecule has 1 aliphatic rings. The highest BCUT2D eigenvalue weighted by molar-refractivity contribution is 5.41. The second-order valence-corrected chi connectivity index (χ2v) is 5.00. The maximum Gasteiger partial charge on any atom is 0.208 e. The van der Waals surface area contributed by atoms with Crippen LogP contribution in [0.3, 0.4) is 0 Å². The smallest absolute Gasteiger partial charge is 0.208 e. The summed E-state index contributed by atoms with van der Waals surface area (Å²) in [6, 6.07) is 8.19. The molecule has 0 saturated carbocycles. The van der Waals surface area contributed by atoms with Crippen molar-refractivity contribution < 1.29 is 9.47 Å². The van der Waals surface area contributed by atoms with Crippen LogP contribution < -0.4 is 4.74 Å². The van der Waals surface area contributed by atoms with Crippen LogP contribution in [0.15, 0.2) is 24.3 Å². The lowest BCUT2D eigenvalue weighted by molar-refractivity contribution is -0.172. The van der Waals surface area contributed by atoms with E-state index in [0.29, 0.717) is 0 Å². The van der Waals surface area contributed by atoms with Crippen molar-refractivity contribution in [1.82, 2.24) is 0 Å². The van der Waals surface area contributed by atoms with Crippen LogP contribution in [-0.2, 0) is 10.2 Å². The van der Waals surface area contributed by atoms with Crippen molar-refractivity contribution in [2.45, 2.75) is 38.4 Å². The summed E-state index contributed by atoms with van der Waals surface area (Å²) < 4.78 is 11.3. The lowest BCUT2D eigenvalue weighted by atomic mass is 9.76. The summed E-state index contributed by atoms with van der Waals surface area (Å²) in [7, 11) is 1.70. The van der Waals surface area contributed by atoms with Gasteiger partial charge in [-0.2, -0.15) is 0 Å². The highest BCUT2D eigenvalue weighted by Crippen LogP contribution is 2.44. The molecule has 1 aromatic rings. The van der Waals surface area contributed by atoms with Gasteiger partial charge in [-0.15, -0.1) is 0 Å². The number of benzene rings is 1. The first-order valence-electron chi connectivity index (χ1n) is 5.31.